The lowest BCUT2D eigenvalue weighted by Gasteiger charge is -1.93. The van der Waals surface area contributed by atoms with Crippen LogP contribution < -0.4 is 0 Å². The highest BCUT2D eigenvalue weighted by molar-refractivity contribution is 9.10. The van der Waals surface area contributed by atoms with Crippen molar-refractivity contribution >= 4 is 39.1 Å². The Morgan fingerprint density at radius 3 is 2.90 bits per heavy atom. The Bertz CT molecular complexity index is 646. The van der Waals surface area contributed by atoms with E-state index in [1.807, 2.05) is 6.07 Å². The van der Waals surface area contributed by atoms with Gasteiger partial charge in [-0.05, 0) is 52.2 Å². The molecule has 0 bridgehead atoms. The molecule has 2 rings (SSSR count). The van der Waals surface area contributed by atoms with Crippen LogP contribution in [-0.4, -0.2) is 5.78 Å². The number of rotatable bonds is 5. The fraction of sp³-hybridized carbons (Fsp3) is 0.188. The Balaban J connectivity index is 2.13. The second-order valence-electron chi connectivity index (χ2n) is 4.38. The molecule has 20 heavy (non-hydrogen) atoms. The van der Waals surface area contributed by atoms with Crippen LogP contribution in [0.4, 0.5) is 4.39 Å². The number of allylic oxidation sites excluding steroid dienone is 1. The third-order valence-electron chi connectivity index (χ3n) is 2.75. The van der Waals surface area contributed by atoms with E-state index < -0.39 is 0 Å². The van der Waals surface area contributed by atoms with E-state index in [0.717, 1.165) is 17.3 Å². The van der Waals surface area contributed by atoms with E-state index in [-0.39, 0.29) is 11.6 Å². The van der Waals surface area contributed by atoms with Gasteiger partial charge in [0.05, 0.1) is 4.88 Å². The van der Waals surface area contributed by atoms with Crippen molar-refractivity contribution in [3.05, 3.63) is 62.0 Å². The zero-order valence-corrected chi connectivity index (χ0v) is 13.4. The van der Waals surface area contributed by atoms with E-state index in [4.69, 9.17) is 0 Å². The van der Waals surface area contributed by atoms with Gasteiger partial charge in [0.1, 0.15) is 5.82 Å². The normalized spacial score (nSPS) is 11.2. The smallest absolute Gasteiger partial charge is 0.195 e. The van der Waals surface area contributed by atoms with Crippen LogP contribution in [0.5, 0.6) is 0 Å². The summed E-state index contributed by atoms with van der Waals surface area (Å²) in [6, 6.07) is 8.03. The third-order valence-corrected chi connectivity index (χ3v) is 4.93. The summed E-state index contributed by atoms with van der Waals surface area (Å²) in [6.07, 6.45) is 5.14. The van der Waals surface area contributed by atoms with Gasteiger partial charge in [-0.2, -0.15) is 0 Å². The monoisotopic (exact) mass is 352 g/mol. The molecule has 0 aliphatic heterocycles. The van der Waals surface area contributed by atoms with Gasteiger partial charge < -0.3 is 0 Å². The highest BCUT2D eigenvalue weighted by Crippen LogP contribution is 2.29. The van der Waals surface area contributed by atoms with Crippen molar-refractivity contribution in [1.29, 1.82) is 0 Å². The van der Waals surface area contributed by atoms with Crippen LogP contribution >= 0.6 is 27.3 Å². The summed E-state index contributed by atoms with van der Waals surface area (Å²) in [5.41, 5.74) is 0.683. The van der Waals surface area contributed by atoms with E-state index in [1.165, 1.54) is 34.4 Å². The predicted octanol–water partition coefficient (Wildman–Crippen LogP) is 5.50. The molecule has 0 fully saturated rings. The minimum absolute atomic E-state index is 0.0534. The van der Waals surface area contributed by atoms with Gasteiger partial charge in [0.15, 0.2) is 5.78 Å². The average molecular weight is 353 g/mol. The molecule has 1 nitrogen and oxygen atoms in total. The summed E-state index contributed by atoms with van der Waals surface area (Å²) < 4.78 is 14.0. The number of thiophene rings is 1. The molecule has 0 N–H and O–H groups in total. The van der Waals surface area contributed by atoms with Crippen LogP contribution in [0.15, 0.2) is 40.9 Å². The fourth-order valence-electron chi connectivity index (χ4n) is 1.79. The van der Waals surface area contributed by atoms with E-state index in [9.17, 15) is 9.18 Å². The Morgan fingerprint density at radius 1 is 1.40 bits per heavy atom. The molecule has 0 aliphatic rings. The maximum absolute atomic E-state index is 13.0. The van der Waals surface area contributed by atoms with Gasteiger partial charge in [-0.3, -0.25) is 4.79 Å². The minimum Gasteiger partial charge on any atom is -0.288 e. The molecule has 4 heteroatoms. The largest absolute Gasteiger partial charge is 0.288 e. The summed E-state index contributed by atoms with van der Waals surface area (Å²) in [5, 5.41) is 0. The van der Waals surface area contributed by atoms with Crippen LogP contribution in [0.3, 0.4) is 0 Å². The lowest BCUT2D eigenvalue weighted by atomic mass is 10.2. The van der Waals surface area contributed by atoms with Crippen molar-refractivity contribution in [3.63, 3.8) is 0 Å². The fourth-order valence-corrected chi connectivity index (χ4v) is 3.68. The molecule has 1 aromatic carbocycles. The standard InChI is InChI=1S/C16H14BrFOS/c1-2-4-15-13(17)10-16(20-15)14(19)8-7-11-5-3-6-12(18)9-11/h3,5-10H,2,4H2,1H3/b8-7+. The van der Waals surface area contributed by atoms with Crippen molar-refractivity contribution in [2.45, 2.75) is 19.8 Å². The van der Waals surface area contributed by atoms with Crippen molar-refractivity contribution in [1.82, 2.24) is 0 Å². The first kappa shape index (κ1) is 15.1. The molecule has 0 saturated carbocycles. The summed E-state index contributed by atoms with van der Waals surface area (Å²) in [7, 11) is 0. The zero-order chi connectivity index (χ0) is 14.5. The molecule has 104 valence electrons. The van der Waals surface area contributed by atoms with Gasteiger partial charge >= 0.3 is 0 Å². The maximum Gasteiger partial charge on any atom is 0.195 e. The molecule has 1 heterocycles. The maximum atomic E-state index is 13.0. The van der Waals surface area contributed by atoms with E-state index in [0.29, 0.717) is 10.4 Å². The second kappa shape index (κ2) is 6.95. The summed E-state index contributed by atoms with van der Waals surface area (Å²) in [4.78, 5) is 14.0. The summed E-state index contributed by atoms with van der Waals surface area (Å²) >= 11 is 4.99. The van der Waals surface area contributed by atoms with Gasteiger partial charge in [-0.1, -0.05) is 31.6 Å². The van der Waals surface area contributed by atoms with E-state index in [2.05, 4.69) is 22.9 Å². The minimum atomic E-state index is -0.302. The van der Waals surface area contributed by atoms with Crippen molar-refractivity contribution in [2.75, 3.05) is 0 Å². The first-order chi connectivity index (χ1) is 9.60. The molecule has 2 aromatic rings. The first-order valence-electron chi connectivity index (χ1n) is 6.36. The third kappa shape index (κ3) is 3.87. The Kier molecular flexibility index (Phi) is 5.26. The summed E-state index contributed by atoms with van der Waals surface area (Å²) in [5.74, 6) is -0.356. The number of aryl methyl sites for hydroxylation is 1. The topological polar surface area (TPSA) is 17.1 Å². The lowest BCUT2D eigenvalue weighted by Crippen LogP contribution is -1.89. The van der Waals surface area contributed by atoms with Crippen LogP contribution in [-0.2, 0) is 6.42 Å². The predicted molar refractivity (Wildman–Crippen MR) is 85.8 cm³/mol. The number of carbonyl (C=O) groups excluding carboxylic acids is 1. The molecule has 0 amide bonds. The van der Waals surface area contributed by atoms with Crippen molar-refractivity contribution in [3.8, 4) is 0 Å². The van der Waals surface area contributed by atoms with Crippen LogP contribution in [0, 0.1) is 5.82 Å². The summed E-state index contributed by atoms with van der Waals surface area (Å²) in [6.45, 7) is 2.11. The average Bonchev–Trinajstić information content (AvgIpc) is 2.78. The van der Waals surface area contributed by atoms with Gasteiger partial charge in [0.2, 0.25) is 0 Å². The molecule has 0 radical (unpaired) electrons. The molecule has 0 saturated heterocycles. The number of hydrogen-bond donors (Lipinski definition) is 0. The van der Waals surface area contributed by atoms with Crippen molar-refractivity contribution < 1.29 is 9.18 Å². The quantitative estimate of drug-likeness (QED) is 0.513. The van der Waals surface area contributed by atoms with Crippen LogP contribution in [0.1, 0.15) is 33.5 Å². The Hall–Kier alpha value is -1.26. The number of hydrogen-bond acceptors (Lipinski definition) is 2. The molecule has 0 spiro atoms. The number of halogens is 2. The van der Waals surface area contributed by atoms with Gasteiger partial charge in [-0.15, -0.1) is 11.3 Å². The van der Waals surface area contributed by atoms with Gasteiger partial charge in [0, 0.05) is 9.35 Å². The number of carbonyl (C=O) groups is 1. The Morgan fingerprint density at radius 2 is 2.20 bits per heavy atom. The van der Waals surface area contributed by atoms with E-state index in [1.54, 1.807) is 18.2 Å². The molecular formula is C16H14BrFOS. The van der Waals surface area contributed by atoms with Gasteiger partial charge in [-0.25, -0.2) is 4.39 Å². The van der Waals surface area contributed by atoms with Crippen molar-refractivity contribution in [2.24, 2.45) is 0 Å². The Labute approximate surface area is 130 Å². The SMILES string of the molecule is CCCc1sc(C(=O)/C=C/c2cccc(F)c2)cc1Br. The number of ketones is 1. The molecule has 0 aliphatic carbocycles. The lowest BCUT2D eigenvalue weighted by molar-refractivity contribution is 0.105. The van der Waals surface area contributed by atoms with E-state index >= 15 is 0 Å². The molecule has 0 unspecified atom stereocenters. The highest BCUT2D eigenvalue weighted by atomic mass is 79.9. The first-order valence-corrected chi connectivity index (χ1v) is 7.97. The van der Waals surface area contributed by atoms with Crippen LogP contribution in [0.2, 0.25) is 0 Å². The van der Waals surface area contributed by atoms with Crippen LogP contribution in [0.25, 0.3) is 6.08 Å². The zero-order valence-electron chi connectivity index (χ0n) is 11.0. The second-order valence-corrected chi connectivity index (χ2v) is 6.38. The molecule has 0 atom stereocenters. The molecule has 1 aromatic heterocycles. The number of benzene rings is 1. The highest BCUT2D eigenvalue weighted by Gasteiger charge is 2.10. The molecular weight excluding hydrogens is 339 g/mol. The van der Waals surface area contributed by atoms with Gasteiger partial charge in [0.25, 0.3) is 0 Å².